The number of alkyl halides is 1. The Morgan fingerprint density at radius 2 is 2.38 bits per heavy atom. The lowest BCUT2D eigenvalue weighted by molar-refractivity contribution is 0.275. The fourth-order valence-corrected chi connectivity index (χ4v) is 2.01. The van der Waals surface area contributed by atoms with Gasteiger partial charge in [0.2, 0.25) is 0 Å². The van der Waals surface area contributed by atoms with Gasteiger partial charge < -0.3 is 9.68 Å². The fourth-order valence-electron chi connectivity index (χ4n) is 1.49. The molecule has 5 heteroatoms. The Bertz CT molecular complexity index is 345. The lowest BCUT2D eigenvalue weighted by Gasteiger charge is -2.04. The van der Waals surface area contributed by atoms with Gasteiger partial charge in [-0.1, -0.05) is 22.0 Å². The van der Waals surface area contributed by atoms with Gasteiger partial charge >= 0.3 is 7.12 Å². The van der Waals surface area contributed by atoms with Crippen LogP contribution in [0.25, 0.3) is 0 Å². The second-order valence-corrected chi connectivity index (χ2v) is 3.46. The van der Waals surface area contributed by atoms with E-state index in [1.54, 1.807) is 6.07 Å². The standard InChI is InChI=1S/C8H7BBrFO2/c10-3-5-1-2-7(11)8-6(5)4-13-9(8)12/h1-2,12H,3-4H2. The van der Waals surface area contributed by atoms with Gasteiger partial charge in [-0.25, -0.2) is 4.39 Å². The van der Waals surface area contributed by atoms with Crippen molar-refractivity contribution in [2.45, 2.75) is 11.9 Å². The van der Waals surface area contributed by atoms with Gasteiger partial charge in [-0.15, -0.1) is 0 Å². The Hall–Kier alpha value is -0.385. The zero-order valence-electron chi connectivity index (χ0n) is 6.76. The predicted octanol–water partition coefficient (Wildman–Crippen LogP) is 0.938. The summed E-state index contributed by atoms with van der Waals surface area (Å²) >= 11 is 3.30. The summed E-state index contributed by atoms with van der Waals surface area (Å²) in [6.07, 6.45) is 0. The van der Waals surface area contributed by atoms with Crippen molar-refractivity contribution in [1.82, 2.24) is 0 Å². The molecule has 68 valence electrons. The van der Waals surface area contributed by atoms with E-state index >= 15 is 0 Å². The van der Waals surface area contributed by atoms with Crippen LogP contribution in [0.5, 0.6) is 0 Å². The molecule has 0 spiro atoms. The van der Waals surface area contributed by atoms with Gasteiger partial charge in [0.05, 0.1) is 6.61 Å². The van der Waals surface area contributed by atoms with Gasteiger partial charge in [-0.3, -0.25) is 0 Å². The Morgan fingerprint density at radius 1 is 1.62 bits per heavy atom. The molecule has 0 atom stereocenters. The number of rotatable bonds is 1. The molecular weight excluding hydrogens is 238 g/mol. The largest absolute Gasteiger partial charge is 0.494 e. The summed E-state index contributed by atoms with van der Waals surface area (Å²) in [5, 5.41) is 9.95. The van der Waals surface area contributed by atoms with E-state index in [0.717, 1.165) is 11.1 Å². The molecule has 1 aliphatic heterocycles. The predicted molar refractivity (Wildman–Crippen MR) is 51.4 cm³/mol. The first-order valence-corrected chi connectivity index (χ1v) is 5.02. The van der Waals surface area contributed by atoms with Crippen LogP contribution in [0.2, 0.25) is 0 Å². The van der Waals surface area contributed by atoms with E-state index in [1.165, 1.54) is 6.07 Å². The highest BCUT2D eigenvalue weighted by molar-refractivity contribution is 9.08. The van der Waals surface area contributed by atoms with Crippen LogP contribution >= 0.6 is 15.9 Å². The summed E-state index contributed by atoms with van der Waals surface area (Å²) < 4.78 is 18.1. The molecule has 2 nitrogen and oxygen atoms in total. The van der Waals surface area contributed by atoms with Crippen LogP contribution in [0.15, 0.2) is 12.1 Å². The molecule has 0 amide bonds. The molecule has 0 aliphatic carbocycles. The van der Waals surface area contributed by atoms with Gasteiger partial charge in [0.15, 0.2) is 0 Å². The fraction of sp³-hybridized carbons (Fsp3) is 0.250. The lowest BCUT2D eigenvalue weighted by atomic mass is 9.78. The maximum absolute atomic E-state index is 13.2. The Labute approximate surface area is 84.0 Å². The van der Waals surface area contributed by atoms with Crippen molar-refractivity contribution < 1.29 is 14.1 Å². The van der Waals surface area contributed by atoms with Gasteiger partial charge in [-0.05, 0) is 17.2 Å². The summed E-state index contributed by atoms with van der Waals surface area (Å²) in [7, 11) is -1.10. The molecule has 1 aromatic rings. The van der Waals surface area contributed by atoms with Crippen LogP contribution in [0.1, 0.15) is 11.1 Å². The summed E-state index contributed by atoms with van der Waals surface area (Å²) in [6, 6.07) is 3.05. The first-order valence-electron chi connectivity index (χ1n) is 3.90. The monoisotopic (exact) mass is 244 g/mol. The molecule has 0 bridgehead atoms. The second-order valence-electron chi connectivity index (χ2n) is 2.90. The van der Waals surface area contributed by atoms with E-state index in [4.69, 9.17) is 4.65 Å². The number of hydrogen-bond donors (Lipinski definition) is 1. The number of benzene rings is 1. The smallest absolute Gasteiger partial charge is 0.423 e. The van der Waals surface area contributed by atoms with Crippen LogP contribution in [0, 0.1) is 5.82 Å². The molecule has 1 aliphatic rings. The van der Waals surface area contributed by atoms with Crippen molar-refractivity contribution in [2.24, 2.45) is 0 Å². The zero-order valence-corrected chi connectivity index (χ0v) is 8.34. The SMILES string of the molecule is OB1OCc2c(CBr)ccc(F)c21. The minimum Gasteiger partial charge on any atom is -0.423 e. The summed E-state index contributed by atoms with van der Waals surface area (Å²) in [5.74, 6) is -0.398. The molecule has 0 saturated heterocycles. The van der Waals surface area contributed by atoms with E-state index in [-0.39, 0.29) is 12.1 Å². The van der Waals surface area contributed by atoms with Crippen molar-refractivity contribution in [3.8, 4) is 0 Å². The highest BCUT2D eigenvalue weighted by Gasteiger charge is 2.32. The first kappa shape index (κ1) is 9.18. The summed E-state index contributed by atoms with van der Waals surface area (Å²) in [6.45, 7) is 0.287. The molecule has 2 rings (SSSR count). The van der Waals surface area contributed by atoms with Crippen LogP contribution < -0.4 is 5.46 Å². The van der Waals surface area contributed by atoms with Gasteiger partial charge in [-0.2, -0.15) is 0 Å². The number of halogens is 2. The molecule has 13 heavy (non-hydrogen) atoms. The average Bonchev–Trinajstić information content (AvgIpc) is 2.50. The Balaban J connectivity index is 2.59. The molecular formula is C8H7BBrFO2. The molecule has 0 fully saturated rings. The zero-order chi connectivity index (χ0) is 9.42. The van der Waals surface area contributed by atoms with Crippen molar-refractivity contribution in [3.63, 3.8) is 0 Å². The van der Waals surface area contributed by atoms with Crippen molar-refractivity contribution in [1.29, 1.82) is 0 Å². The minimum atomic E-state index is -1.10. The van der Waals surface area contributed by atoms with E-state index in [9.17, 15) is 9.41 Å². The third-order valence-corrected chi connectivity index (χ3v) is 2.78. The van der Waals surface area contributed by atoms with Gasteiger partial charge in [0, 0.05) is 10.8 Å². The quantitative estimate of drug-likeness (QED) is 0.589. The van der Waals surface area contributed by atoms with E-state index in [1.807, 2.05) is 0 Å². The summed E-state index contributed by atoms with van der Waals surface area (Å²) in [5.41, 5.74) is 2.02. The minimum absolute atomic E-state index is 0.287. The summed E-state index contributed by atoms with van der Waals surface area (Å²) in [4.78, 5) is 0. The maximum atomic E-state index is 13.2. The Kier molecular flexibility index (Phi) is 2.40. The van der Waals surface area contributed by atoms with Gasteiger partial charge in [0.1, 0.15) is 5.82 Å². The highest BCUT2D eigenvalue weighted by Crippen LogP contribution is 2.19. The van der Waals surface area contributed by atoms with E-state index < -0.39 is 12.9 Å². The van der Waals surface area contributed by atoms with Crippen molar-refractivity contribution >= 4 is 28.5 Å². The topological polar surface area (TPSA) is 29.5 Å². The highest BCUT2D eigenvalue weighted by atomic mass is 79.9. The Morgan fingerprint density at radius 3 is 3.08 bits per heavy atom. The van der Waals surface area contributed by atoms with Crippen molar-refractivity contribution in [3.05, 3.63) is 29.1 Å². The normalized spacial score (nSPS) is 14.8. The van der Waals surface area contributed by atoms with E-state index in [2.05, 4.69) is 15.9 Å². The molecule has 1 aromatic carbocycles. The molecule has 0 aromatic heterocycles. The lowest BCUT2D eigenvalue weighted by Crippen LogP contribution is -2.31. The van der Waals surface area contributed by atoms with Crippen LogP contribution in [0.4, 0.5) is 4.39 Å². The molecule has 0 radical (unpaired) electrons. The maximum Gasteiger partial charge on any atom is 0.494 e. The van der Waals surface area contributed by atoms with Crippen LogP contribution in [-0.4, -0.2) is 12.1 Å². The second kappa shape index (κ2) is 3.40. The third kappa shape index (κ3) is 1.41. The molecule has 0 unspecified atom stereocenters. The third-order valence-electron chi connectivity index (χ3n) is 2.18. The first-order chi connectivity index (χ1) is 6.24. The molecule has 1 heterocycles. The molecule has 1 N–H and O–H groups in total. The average molecular weight is 245 g/mol. The van der Waals surface area contributed by atoms with Crippen molar-refractivity contribution in [2.75, 3.05) is 0 Å². The number of fused-ring (bicyclic) bond motifs is 1. The van der Waals surface area contributed by atoms with Crippen LogP contribution in [-0.2, 0) is 16.6 Å². The van der Waals surface area contributed by atoms with E-state index in [0.29, 0.717) is 5.33 Å². The number of hydrogen-bond acceptors (Lipinski definition) is 2. The molecule has 0 saturated carbocycles. The van der Waals surface area contributed by atoms with Crippen LogP contribution in [0.3, 0.4) is 0 Å². The van der Waals surface area contributed by atoms with Gasteiger partial charge in [0.25, 0.3) is 0 Å².